The first-order valence-electron chi connectivity index (χ1n) is 8.15. The highest BCUT2D eigenvalue weighted by atomic mass is 16.3. The molecule has 1 aliphatic heterocycles. The van der Waals surface area contributed by atoms with Crippen LogP contribution in [-0.2, 0) is 11.2 Å². The Labute approximate surface area is 128 Å². The fourth-order valence-electron chi connectivity index (χ4n) is 3.40. The minimum atomic E-state index is -0.591. The van der Waals surface area contributed by atoms with E-state index in [1.807, 2.05) is 35.2 Å². The minimum absolute atomic E-state index is 0.109. The predicted molar refractivity (Wildman–Crippen MR) is 85.0 cm³/mol. The fraction of sp³-hybridized carbons (Fsp3) is 0.611. The maximum Gasteiger partial charge on any atom is 0.225 e. The number of rotatable bonds is 5. The molecule has 3 nitrogen and oxygen atoms in total. The Hall–Kier alpha value is -1.35. The maximum absolute atomic E-state index is 12.5. The van der Waals surface area contributed by atoms with E-state index in [0.717, 1.165) is 24.8 Å². The smallest absolute Gasteiger partial charge is 0.225 e. The Morgan fingerprint density at radius 2 is 2.05 bits per heavy atom. The van der Waals surface area contributed by atoms with Crippen molar-refractivity contribution < 1.29 is 9.90 Å². The van der Waals surface area contributed by atoms with Crippen LogP contribution in [0.5, 0.6) is 0 Å². The predicted octanol–water partition coefficient (Wildman–Crippen LogP) is 3.16. The molecule has 0 aromatic heterocycles. The molecule has 1 heterocycles. The number of likely N-dealkylation sites (tertiary alicyclic amines) is 1. The van der Waals surface area contributed by atoms with Gasteiger partial charge in [-0.15, -0.1) is 0 Å². The lowest BCUT2D eigenvalue weighted by Gasteiger charge is -2.41. The van der Waals surface area contributed by atoms with Crippen LogP contribution in [0.3, 0.4) is 0 Å². The molecule has 1 N–H and O–H groups in total. The second kappa shape index (κ2) is 7.60. The van der Waals surface area contributed by atoms with Crippen molar-refractivity contribution in [2.75, 3.05) is 0 Å². The fourth-order valence-corrected chi connectivity index (χ4v) is 3.40. The summed E-state index contributed by atoms with van der Waals surface area (Å²) in [6.07, 6.45) is 4.58. The number of aliphatic hydroxyl groups excluding tert-OH is 1. The van der Waals surface area contributed by atoms with Gasteiger partial charge in [-0.25, -0.2) is 0 Å². The second-order valence-electron chi connectivity index (χ2n) is 6.19. The highest BCUT2D eigenvalue weighted by Crippen LogP contribution is 2.26. The summed E-state index contributed by atoms with van der Waals surface area (Å²) >= 11 is 0. The van der Waals surface area contributed by atoms with Crippen molar-refractivity contribution in [3.63, 3.8) is 0 Å². The van der Waals surface area contributed by atoms with Gasteiger partial charge in [-0.05, 0) is 44.6 Å². The maximum atomic E-state index is 12.5. The van der Waals surface area contributed by atoms with Gasteiger partial charge < -0.3 is 10.0 Å². The summed E-state index contributed by atoms with van der Waals surface area (Å²) < 4.78 is 0. The van der Waals surface area contributed by atoms with E-state index in [2.05, 4.69) is 13.8 Å². The first kappa shape index (κ1) is 16.0. The van der Waals surface area contributed by atoms with Crippen molar-refractivity contribution in [3.05, 3.63) is 35.9 Å². The first-order valence-corrected chi connectivity index (χ1v) is 8.15. The summed E-state index contributed by atoms with van der Waals surface area (Å²) in [4.78, 5) is 14.6. The van der Waals surface area contributed by atoms with Gasteiger partial charge in [0, 0.05) is 12.1 Å². The molecular weight excluding hydrogens is 262 g/mol. The summed E-state index contributed by atoms with van der Waals surface area (Å²) in [6, 6.07) is 10.5. The highest BCUT2D eigenvalue weighted by Gasteiger charge is 2.31. The van der Waals surface area contributed by atoms with E-state index in [4.69, 9.17) is 0 Å². The van der Waals surface area contributed by atoms with Crippen molar-refractivity contribution in [2.45, 2.75) is 70.6 Å². The lowest BCUT2D eigenvalue weighted by Crippen LogP contribution is -2.49. The number of benzene rings is 1. The lowest BCUT2D eigenvalue weighted by atomic mass is 9.93. The van der Waals surface area contributed by atoms with Crippen LogP contribution in [0, 0.1) is 0 Å². The van der Waals surface area contributed by atoms with E-state index in [0.29, 0.717) is 18.5 Å². The van der Waals surface area contributed by atoms with Crippen molar-refractivity contribution in [3.8, 4) is 0 Å². The SMILES string of the molecule is CC[C@@H]1CCC[C@H](C)N1C(=O)CC(O)Cc1ccccc1. The monoisotopic (exact) mass is 289 g/mol. The van der Waals surface area contributed by atoms with Gasteiger partial charge in [-0.1, -0.05) is 37.3 Å². The van der Waals surface area contributed by atoms with Crippen LogP contribution in [0.4, 0.5) is 0 Å². The zero-order valence-electron chi connectivity index (χ0n) is 13.2. The van der Waals surface area contributed by atoms with Crippen molar-refractivity contribution in [2.24, 2.45) is 0 Å². The Morgan fingerprint density at radius 1 is 1.33 bits per heavy atom. The molecule has 0 spiro atoms. The average molecular weight is 289 g/mol. The zero-order chi connectivity index (χ0) is 15.2. The number of piperidine rings is 1. The number of carbonyl (C=O) groups is 1. The molecule has 1 aliphatic rings. The average Bonchev–Trinajstić information content (AvgIpc) is 2.47. The summed E-state index contributed by atoms with van der Waals surface area (Å²) in [5.74, 6) is 0.109. The number of carbonyl (C=O) groups excluding carboxylic acids is 1. The van der Waals surface area contributed by atoms with E-state index in [9.17, 15) is 9.90 Å². The summed E-state index contributed by atoms with van der Waals surface area (Å²) in [6.45, 7) is 4.27. The minimum Gasteiger partial charge on any atom is -0.392 e. The Kier molecular flexibility index (Phi) is 5.80. The molecule has 0 bridgehead atoms. The standard InChI is InChI=1S/C18H27NO2/c1-3-16-11-7-8-14(2)19(16)18(21)13-17(20)12-15-9-5-4-6-10-15/h4-6,9-10,14,16-17,20H,3,7-8,11-13H2,1-2H3/t14-,16+,17?/m0/s1. The van der Waals surface area contributed by atoms with Gasteiger partial charge in [0.2, 0.25) is 5.91 Å². The molecule has 1 amide bonds. The van der Waals surface area contributed by atoms with E-state index < -0.39 is 6.10 Å². The Balaban J connectivity index is 1.93. The third kappa shape index (κ3) is 4.31. The molecule has 2 rings (SSSR count). The van der Waals surface area contributed by atoms with Gasteiger partial charge in [0.15, 0.2) is 0 Å². The van der Waals surface area contributed by atoms with Crippen molar-refractivity contribution in [1.29, 1.82) is 0 Å². The molecule has 1 unspecified atom stereocenters. The van der Waals surface area contributed by atoms with Gasteiger partial charge in [0.1, 0.15) is 0 Å². The van der Waals surface area contributed by atoms with Gasteiger partial charge in [-0.3, -0.25) is 4.79 Å². The quantitative estimate of drug-likeness (QED) is 0.904. The Morgan fingerprint density at radius 3 is 2.71 bits per heavy atom. The van der Waals surface area contributed by atoms with Crippen molar-refractivity contribution >= 4 is 5.91 Å². The van der Waals surface area contributed by atoms with Gasteiger partial charge in [0.25, 0.3) is 0 Å². The zero-order valence-corrected chi connectivity index (χ0v) is 13.2. The van der Waals surface area contributed by atoms with Gasteiger partial charge in [-0.2, -0.15) is 0 Å². The number of aliphatic hydroxyl groups is 1. The van der Waals surface area contributed by atoms with E-state index >= 15 is 0 Å². The lowest BCUT2D eigenvalue weighted by molar-refractivity contribution is -0.140. The van der Waals surface area contributed by atoms with Crippen molar-refractivity contribution in [1.82, 2.24) is 4.90 Å². The van der Waals surface area contributed by atoms with E-state index in [1.165, 1.54) is 6.42 Å². The van der Waals surface area contributed by atoms with Crippen LogP contribution in [-0.4, -0.2) is 34.1 Å². The third-order valence-electron chi connectivity index (χ3n) is 4.51. The summed E-state index contributed by atoms with van der Waals surface area (Å²) in [5.41, 5.74) is 1.08. The van der Waals surface area contributed by atoms with Crippen LogP contribution < -0.4 is 0 Å². The summed E-state index contributed by atoms with van der Waals surface area (Å²) in [7, 11) is 0. The molecule has 0 aliphatic carbocycles. The van der Waals surface area contributed by atoms with E-state index in [1.54, 1.807) is 0 Å². The number of nitrogens with zero attached hydrogens (tertiary/aromatic N) is 1. The molecule has 0 saturated carbocycles. The third-order valence-corrected chi connectivity index (χ3v) is 4.51. The number of hydrogen-bond acceptors (Lipinski definition) is 2. The molecular formula is C18H27NO2. The second-order valence-corrected chi connectivity index (χ2v) is 6.19. The van der Waals surface area contributed by atoms with Gasteiger partial charge in [0.05, 0.1) is 12.5 Å². The topological polar surface area (TPSA) is 40.5 Å². The first-order chi connectivity index (χ1) is 10.1. The van der Waals surface area contributed by atoms with Crippen LogP contribution >= 0.6 is 0 Å². The van der Waals surface area contributed by atoms with Crippen LogP contribution in [0.1, 0.15) is 51.5 Å². The van der Waals surface area contributed by atoms with Crippen LogP contribution in [0.15, 0.2) is 30.3 Å². The molecule has 116 valence electrons. The number of amides is 1. The molecule has 1 aromatic carbocycles. The molecule has 0 radical (unpaired) electrons. The van der Waals surface area contributed by atoms with Crippen LogP contribution in [0.2, 0.25) is 0 Å². The molecule has 1 saturated heterocycles. The van der Waals surface area contributed by atoms with E-state index in [-0.39, 0.29) is 12.3 Å². The summed E-state index contributed by atoms with van der Waals surface area (Å²) in [5, 5.41) is 10.2. The molecule has 3 heteroatoms. The number of hydrogen-bond donors (Lipinski definition) is 1. The molecule has 3 atom stereocenters. The Bertz CT molecular complexity index is 446. The highest BCUT2D eigenvalue weighted by molar-refractivity contribution is 5.77. The molecule has 1 aromatic rings. The molecule has 1 fully saturated rings. The molecule has 21 heavy (non-hydrogen) atoms. The van der Waals surface area contributed by atoms with Crippen LogP contribution in [0.25, 0.3) is 0 Å². The van der Waals surface area contributed by atoms with Gasteiger partial charge >= 0.3 is 0 Å². The largest absolute Gasteiger partial charge is 0.392 e. The normalized spacial score (nSPS) is 23.9.